The fourth-order valence-corrected chi connectivity index (χ4v) is 4.25. The van der Waals surface area contributed by atoms with Gasteiger partial charge in [-0.05, 0) is 51.0 Å². The van der Waals surface area contributed by atoms with E-state index in [1.165, 1.54) is 0 Å². The average Bonchev–Trinajstić information content (AvgIpc) is 3.37. The number of nitrogens with one attached hydrogen (secondary N) is 1. The Kier molecular flexibility index (Phi) is 5.78. The molecule has 0 aliphatic heterocycles. The first-order valence-electron chi connectivity index (χ1n) is 10.9. The van der Waals surface area contributed by atoms with Crippen molar-refractivity contribution in [2.24, 2.45) is 0 Å². The van der Waals surface area contributed by atoms with Crippen molar-refractivity contribution in [1.82, 2.24) is 34.7 Å². The van der Waals surface area contributed by atoms with Crippen LogP contribution in [-0.2, 0) is 18.5 Å². The lowest BCUT2D eigenvalue weighted by molar-refractivity contribution is 0.373. The van der Waals surface area contributed by atoms with Gasteiger partial charge in [0.2, 0.25) is 5.82 Å². The molecule has 0 atom stereocenters. The summed E-state index contributed by atoms with van der Waals surface area (Å²) in [5.74, 6) is 0.541. The molecule has 0 saturated heterocycles. The number of benzene rings is 1. The number of imidazole rings is 1. The first-order valence-corrected chi connectivity index (χ1v) is 10.9. The number of rotatable bonds is 6. The molecule has 0 aliphatic rings. The number of tetrazole rings is 1. The lowest BCUT2D eigenvalue weighted by Crippen LogP contribution is -2.35. The molecule has 1 N–H and O–H groups in total. The Morgan fingerprint density at radius 2 is 1.81 bits per heavy atom. The Bertz CT molecular complexity index is 1260. The second kappa shape index (κ2) is 8.53. The van der Waals surface area contributed by atoms with Gasteiger partial charge < -0.3 is 0 Å². The van der Waals surface area contributed by atoms with Gasteiger partial charge in [-0.1, -0.05) is 43.7 Å². The first-order chi connectivity index (χ1) is 15.3. The van der Waals surface area contributed by atoms with Crippen LogP contribution in [-0.4, -0.2) is 34.7 Å². The van der Waals surface area contributed by atoms with Gasteiger partial charge in [-0.3, -0.25) is 14.1 Å². The zero-order chi connectivity index (χ0) is 22.9. The monoisotopic (exact) mass is 431 g/mol. The highest BCUT2D eigenvalue weighted by molar-refractivity contribution is 5.79. The molecule has 0 spiro atoms. The van der Waals surface area contributed by atoms with Gasteiger partial charge in [0.1, 0.15) is 0 Å². The summed E-state index contributed by atoms with van der Waals surface area (Å²) < 4.78 is 3.77. The molecular formula is C24H29N7O. The van der Waals surface area contributed by atoms with Gasteiger partial charge in [0.05, 0.1) is 12.2 Å². The number of pyridine rings is 1. The van der Waals surface area contributed by atoms with Crippen LogP contribution in [0.2, 0.25) is 0 Å². The zero-order valence-electron chi connectivity index (χ0n) is 19.3. The molecule has 0 amide bonds. The van der Waals surface area contributed by atoms with Crippen molar-refractivity contribution in [1.29, 1.82) is 0 Å². The number of hydrogen-bond acceptors (Lipinski definition) is 5. The van der Waals surface area contributed by atoms with Gasteiger partial charge in [0.25, 0.3) is 0 Å². The molecule has 8 nitrogen and oxygen atoms in total. The quantitative estimate of drug-likeness (QED) is 0.499. The normalized spacial score (nSPS) is 11.8. The van der Waals surface area contributed by atoms with Crippen LogP contribution in [0.25, 0.3) is 22.5 Å². The summed E-state index contributed by atoms with van der Waals surface area (Å²) >= 11 is 0. The summed E-state index contributed by atoms with van der Waals surface area (Å²) in [6.07, 6.45) is 3.68. The lowest BCUT2D eigenvalue weighted by atomic mass is 10.0. The van der Waals surface area contributed by atoms with E-state index >= 15 is 0 Å². The predicted octanol–water partition coefficient (Wildman–Crippen LogP) is 3.96. The summed E-state index contributed by atoms with van der Waals surface area (Å²) in [6.45, 7) is 10.8. The van der Waals surface area contributed by atoms with Crippen LogP contribution in [0, 0.1) is 6.92 Å². The Morgan fingerprint density at radius 1 is 1.06 bits per heavy atom. The van der Waals surface area contributed by atoms with E-state index in [1.807, 2.05) is 58.7 Å². The molecule has 3 aromatic heterocycles. The molecule has 4 aromatic rings. The van der Waals surface area contributed by atoms with Crippen LogP contribution in [0.5, 0.6) is 0 Å². The summed E-state index contributed by atoms with van der Waals surface area (Å²) in [7, 11) is 0. The number of H-pyrrole nitrogens is 1. The number of hydrogen-bond donors (Lipinski definition) is 1. The second-order valence-electron chi connectivity index (χ2n) is 8.98. The standard InChI is InChI=1S/C24H29N7O/c1-6-9-21-16(2)31(24(3,4)5)23(32)30(21)15-18-13-12-17(14-25-18)19-10-7-8-11-20(19)22-26-28-29-27-22/h7-8,10-14H,6,9,15H2,1-5H3,(H,26,27,28,29). The predicted molar refractivity (Wildman–Crippen MR) is 124 cm³/mol. The fourth-order valence-electron chi connectivity index (χ4n) is 4.25. The Morgan fingerprint density at radius 3 is 2.41 bits per heavy atom. The van der Waals surface area contributed by atoms with E-state index in [1.54, 1.807) is 0 Å². The van der Waals surface area contributed by atoms with Gasteiger partial charge in [-0.25, -0.2) is 4.79 Å². The van der Waals surface area contributed by atoms with E-state index in [0.717, 1.165) is 46.6 Å². The van der Waals surface area contributed by atoms with E-state index in [-0.39, 0.29) is 11.2 Å². The minimum Gasteiger partial charge on any atom is -0.291 e. The molecule has 0 aliphatic carbocycles. The number of nitrogens with zero attached hydrogens (tertiary/aromatic N) is 6. The Balaban J connectivity index is 1.69. The summed E-state index contributed by atoms with van der Waals surface area (Å²) in [5.41, 5.74) is 5.53. The molecular weight excluding hydrogens is 402 g/mol. The SMILES string of the molecule is CCCc1c(C)n(C(C)(C)C)c(=O)n1Cc1ccc(-c2ccccc2-c2nn[nH]n2)cn1. The average molecular weight is 432 g/mol. The van der Waals surface area contributed by atoms with E-state index < -0.39 is 0 Å². The maximum absolute atomic E-state index is 13.3. The molecule has 32 heavy (non-hydrogen) atoms. The molecule has 4 rings (SSSR count). The highest BCUT2D eigenvalue weighted by Gasteiger charge is 2.24. The van der Waals surface area contributed by atoms with Gasteiger partial charge in [-0.2, -0.15) is 5.21 Å². The fraction of sp³-hybridized carbons (Fsp3) is 0.375. The van der Waals surface area contributed by atoms with Crippen LogP contribution in [0.4, 0.5) is 0 Å². The molecule has 0 bridgehead atoms. The Hall–Kier alpha value is -3.55. The van der Waals surface area contributed by atoms with Crippen LogP contribution in [0.1, 0.15) is 51.2 Å². The highest BCUT2D eigenvalue weighted by Crippen LogP contribution is 2.29. The van der Waals surface area contributed by atoms with Crippen LogP contribution >= 0.6 is 0 Å². The molecule has 0 unspecified atom stereocenters. The molecule has 166 valence electrons. The highest BCUT2D eigenvalue weighted by atomic mass is 16.2. The largest absolute Gasteiger partial charge is 0.329 e. The molecule has 3 heterocycles. The van der Waals surface area contributed by atoms with Gasteiger partial charge >= 0.3 is 5.69 Å². The molecule has 1 aromatic carbocycles. The van der Waals surface area contributed by atoms with Gasteiger partial charge in [0.15, 0.2) is 0 Å². The van der Waals surface area contributed by atoms with E-state index in [4.69, 9.17) is 0 Å². The molecule has 0 fully saturated rings. The van der Waals surface area contributed by atoms with Crippen molar-refractivity contribution in [3.8, 4) is 22.5 Å². The topological polar surface area (TPSA) is 94.3 Å². The van der Waals surface area contributed by atoms with E-state index in [0.29, 0.717) is 12.4 Å². The molecule has 0 radical (unpaired) electrons. The van der Waals surface area contributed by atoms with Gasteiger partial charge in [-0.15, -0.1) is 10.2 Å². The maximum atomic E-state index is 13.3. The summed E-state index contributed by atoms with van der Waals surface area (Å²) in [5, 5.41) is 14.4. The third-order valence-electron chi connectivity index (χ3n) is 5.63. The minimum absolute atomic E-state index is 0.0202. The zero-order valence-corrected chi connectivity index (χ0v) is 19.3. The second-order valence-corrected chi connectivity index (χ2v) is 8.98. The molecule has 0 saturated carbocycles. The lowest BCUT2D eigenvalue weighted by Gasteiger charge is -2.21. The third kappa shape index (κ3) is 4.00. The van der Waals surface area contributed by atoms with Gasteiger partial charge in [0, 0.05) is 34.3 Å². The first kappa shape index (κ1) is 21.7. The summed E-state index contributed by atoms with van der Waals surface area (Å²) in [6, 6.07) is 11.9. The molecule has 8 heteroatoms. The maximum Gasteiger partial charge on any atom is 0.329 e. The number of aromatic amines is 1. The minimum atomic E-state index is -0.273. The van der Waals surface area contributed by atoms with Crippen molar-refractivity contribution in [3.05, 3.63) is 70.2 Å². The van der Waals surface area contributed by atoms with E-state index in [9.17, 15) is 4.79 Å². The summed E-state index contributed by atoms with van der Waals surface area (Å²) in [4.78, 5) is 18.0. The smallest absolute Gasteiger partial charge is 0.291 e. The third-order valence-corrected chi connectivity index (χ3v) is 5.63. The number of aromatic nitrogens is 7. The van der Waals surface area contributed by atoms with Crippen LogP contribution in [0.15, 0.2) is 47.4 Å². The van der Waals surface area contributed by atoms with Crippen molar-refractivity contribution in [3.63, 3.8) is 0 Å². The van der Waals surface area contributed by atoms with Crippen molar-refractivity contribution < 1.29 is 0 Å². The van der Waals surface area contributed by atoms with Crippen molar-refractivity contribution in [2.75, 3.05) is 0 Å². The van der Waals surface area contributed by atoms with Crippen LogP contribution in [0.3, 0.4) is 0 Å². The van der Waals surface area contributed by atoms with Crippen LogP contribution < -0.4 is 5.69 Å². The van der Waals surface area contributed by atoms with Crippen molar-refractivity contribution >= 4 is 0 Å². The Labute approximate surface area is 187 Å². The van der Waals surface area contributed by atoms with Crippen molar-refractivity contribution in [2.45, 2.75) is 59.5 Å². The van der Waals surface area contributed by atoms with E-state index in [2.05, 4.69) is 53.3 Å².